The third-order valence-corrected chi connectivity index (χ3v) is 3.95. The summed E-state index contributed by atoms with van der Waals surface area (Å²) in [6.45, 7) is 7.69. The first-order chi connectivity index (χ1) is 11.3. The summed E-state index contributed by atoms with van der Waals surface area (Å²) in [4.78, 5) is 26.7. The van der Waals surface area contributed by atoms with Crippen LogP contribution in [0.5, 0.6) is 0 Å². The van der Waals surface area contributed by atoms with Gasteiger partial charge in [0.1, 0.15) is 18.2 Å². The molecular formula is C19H27NO4. The molecule has 0 aromatic heterocycles. The van der Waals surface area contributed by atoms with Gasteiger partial charge in [-0.3, -0.25) is 4.90 Å². The molecule has 0 radical (unpaired) electrons. The second-order valence-electron chi connectivity index (χ2n) is 7.10. The van der Waals surface area contributed by atoms with Gasteiger partial charge in [0.2, 0.25) is 0 Å². The first-order valence-corrected chi connectivity index (χ1v) is 8.56. The van der Waals surface area contributed by atoms with Crippen molar-refractivity contribution in [2.75, 3.05) is 6.61 Å². The Hall–Kier alpha value is -2.04. The summed E-state index contributed by atoms with van der Waals surface area (Å²) < 4.78 is 10.9. The standard InChI is InChI=1S/C19H27NO4/c1-5-6-12-15-17(21)23-13-16(14-10-8-7-9-11-14)20(15)18(22)24-19(2,3)4/h7-11,15-16H,5-6,12-13H2,1-4H3/t15-,16+/m1/s1. The van der Waals surface area contributed by atoms with E-state index in [0.29, 0.717) is 6.42 Å². The molecule has 0 unspecified atom stereocenters. The third-order valence-electron chi connectivity index (χ3n) is 3.95. The Labute approximate surface area is 143 Å². The van der Waals surface area contributed by atoms with E-state index in [2.05, 4.69) is 6.92 Å². The molecule has 1 amide bonds. The Bertz CT molecular complexity index is 564. The average molecular weight is 333 g/mol. The summed E-state index contributed by atoms with van der Waals surface area (Å²) in [5.74, 6) is -0.346. The van der Waals surface area contributed by atoms with E-state index >= 15 is 0 Å². The van der Waals surface area contributed by atoms with E-state index in [-0.39, 0.29) is 18.6 Å². The second kappa shape index (κ2) is 7.69. The lowest BCUT2D eigenvalue weighted by atomic mass is 9.99. The van der Waals surface area contributed by atoms with Crippen molar-refractivity contribution in [1.29, 1.82) is 0 Å². The molecule has 0 N–H and O–H groups in total. The van der Waals surface area contributed by atoms with Gasteiger partial charge in [-0.2, -0.15) is 0 Å². The highest BCUT2D eigenvalue weighted by Crippen LogP contribution is 2.31. The molecule has 0 saturated carbocycles. The zero-order chi connectivity index (χ0) is 17.7. The van der Waals surface area contributed by atoms with E-state index in [4.69, 9.17) is 9.47 Å². The normalized spacial score (nSPS) is 21.3. The molecule has 1 heterocycles. The number of nitrogens with zero attached hydrogens (tertiary/aromatic N) is 1. The van der Waals surface area contributed by atoms with Crippen LogP contribution in [-0.4, -0.2) is 35.2 Å². The topological polar surface area (TPSA) is 55.8 Å². The predicted molar refractivity (Wildman–Crippen MR) is 91.5 cm³/mol. The highest BCUT2D eigenvalue weighted by molar-refractivity contribution is 5.83. The number of amides is 1. The molecule has 1 aliphatic heterocycles. The van der Waals surface area contributed by atoms with Crippen molar-refractivity contribution in [3.8, 4) is 0 Å². The van der Waals surface area contributed by atoms with Gasteiger partial charge in [-0.15, -0.1) is 0 Å². The molecule has 1 fully saturated rings. The van der Waals surface area contributed by atoms with Crippen LogP contribution in [-0.2, 0) is 14.3 Å². The number of morpholine rings is 1. The number of hydrogen-bond acceptors (Lipinski definition) is 4. The van der Waals surface area contributed by atoms with Crippen molar-refractivity contribution in [3.63, 3.8) is 0 Å². The van der Waals surface area contributed by atoms with E-state index in [1.54, 1.807) is 4.90 Å². The van der Waals surface area contributed by atoms with E-state index in [9.17, 15) is 9.59 Å². The van der Waals surface area contributed by atoms with Crippen molar-refractivity contribution < 1.29 is 19.1 Å². The molecule has 1 aromatic carbocycles. The molecule has 0 bridgehead atoms. The van der Waals surface area contributed by atoms with Crippen LogP contribution < -0.4 is 0 Å². The number of carbonyl (C=O) groups is 2. The highest BCUT2D eigenvalue weighted by Gasteiger charge is 2.43. The van der Waals surface area contributed by atoms with Crippen LogP contribution >= 0.6 is 0 Å². The molecule has 0 aliphatic carbocycles. The van der Waals surface area contributed by atoms with Gasteiger partial charge >= 0.3 is 12.1 Å². The summed E-state index contributed by atoms with van der Waals surface area (Å²) >= 11 is 0. The van der Waals surface area contributed by atoms with Gasteiger partial charge in [0, 0.05) is 0 Å². The maximum atomic E-state index is 12.8. The van der Waals surface area contributed by atoms with Gasteiger partial charge in [0.25, 0.3) is 0 Å². The van der Waals surface area contributed by atoms with Crippen molar-refractivity contribution in [2.24, 2.45) is 0 Å². The number of benzene rings is 1. The molecule has 1 saturated heterocycles. The molecule has 5 heteroatoms. The number of hydrogen-bond donors (Lipinski definition) is 0. The van der Waals surface area contributed by atoms with Crippen LogP contribution in [0.4, 0.5) is 4.79 Å². The lowest BCUT2D eigenvalue weighted by molar-refractivity contribution is -0.162. The van der Waals surface area contributed by atoms with Crippen molar-refractivity contribution in [3.05, 3.63) is 35.9 Å². The molecule has 132 valence electrons. The largest absolute Gasteiger partial charge is 0.462 e. The summed E-state index contributed by atoms with van der Waals surface area (Å²) in [6.07, 6.45) is 1.91. The first kappa shape index (κ1) is 18.3. The Kier molecular flexibility index (Phi) is 5.86. The maximum absolute atomic E-state index is 12.8. The van der Waals surface area contributed by atoms with Gasteiger partial charge in [0.05, 0.1) is 6.04 Å². The molecule has 2 atom stereocenters. The summed E-state index contributed by atoms with van der Waals surface area (Å²) in [5, 5.41) is 0. The summed E-state index contributed by atoms with van der Waals surface area (Å²) in [6, 6.07) is 8.72. The van der Waals surface area contributed by atoms with E-state index in [1.807, 2.05) is 51.1 Å². The van der Waals surface area contributed by atoms with Crippen molar-refractivity contribution in [2.45, 2.75) is 64.6 Å². The maximum Gasteiger partial charge on any atom is 0.411 e. The Morgan fingerprint density at radius 1 is 1.29 bits per heavy atom. The van der Waals surface area contributed by atoms with Crippen LogP contribution in [0.25, 0.3) is 0 Å². The minimum absolute atomic E-state index is 0.157. The molecule has 24 heavy (non-hydrogen) atoms. The molecule has 1 aromatic rings. The van der Waals surface area contributed by atoms with Gasteiger partial charge in [-0.05, 0) is 32.8 Å². The van der Waals surface area contributed by atoms with Crippen LogP contribution in [0.3, 0.4) is 0 Å². The fourth-order valence-corrected chi connectivity index (χ4v) is 2.82. The Morgan fingerprint density at radius 2 is 1.96 bits per heavy atom. The smallest absolute Gasteiger partial charge is 0.411 e. The van der Waals surface area contributed by atoms with Gasteiger partial charge in [-0.1, -0.05) is 50.1 Å². The highest BCUT2D eigenvalue weighted by atomic mass is 16.6. The average Bonchev–Trinajstić information content (AvgIpc) is 2.52. The number of unbranched alkanes of at least 4 members (excludes halogenated alkanes) is 1. The summed E-state index contributed by atoms with van der Waals surface area (Å²) in [5.41, 5.74) is 0.326. The Balaban J connectivity index is 2.33. The lowest BCUT2D eigenvalue weighted by Gasteiger charge is -2.41. The third kappa shape index (κ3) is 4.49. The van der Waals surface area contributed by atoms with Crippen molar-refractivity contribution >= 4 is 12.1 Å². The van der Waals surface area contributed by atoms with Gasteiger partial charge < -0.3 is 9.47 Å². The molecule has 5 nitrogen and oxygen atoms in total. The minimum atomic E-state index is -0.616. The molecule has 0 spiro atoms. The number of ether oxygens (including phenoxy) is 2. The molecule has 1 aliphatic rings. The second-order valence-corrected chi connectivity index (χ2v) is 7.10. The number of esters is 1. The quantitative estimate of drug-likeness (QED) is 0.779. The predicted octanol–water partition coefficient (Wildman–Crippen LogP) is 4.08. The lowest BCUT2D eigenvalue weighted by Crippen LogP contribution is -2.54. The molecule has 2 rings (SSSR count). The monoisotopic (exact) mass is 333 g/mol. The van der Waals surface area contributed by atoms with Crippen LogP contribution in [0.15, 0.2) is 30.3 Å². The van der Waals surface area contributed by atoms with Gasteiger partial charge in [0.15, 0.2) is 0 Å². The zero-order valence-electron chi connectivity index (χ0n) is 15.0. The fraction of sp³-hybridized carbons (Fsp3) is 0.579. The number of cyclic esters (lactones) is 1. The Morgan fingerprint density at radius 3 is 2.54 bits per heavy atom. The van der Waals surface area contributed by atoms with E-state index in [1.165, 1.54) is 0 Å². The van der Waals surface area contributed by atoms with E-state index in [0.717, 1.165) is 18.4 Å². The van der Waals surface area contributed by atoms with Crippen molar-refractivity contribution in [1.82, 2.24) is 4.90 Å². The first-order valence-electron chi connectivity index (χ1n) is 8.56. The fourth-order valence-electron chi connectivity index (χ4n) is 2.82. The van der Waals surface area contributed by atoms with Crippen LogP contribution in [0.1, 0.15) is 58.6 Å². The number of carbonyl (C=O) groups excluding carboxylic acids is 2. The molecular weight excluding hydrogens is 306 g/mol. The SMILES string of the molecule is CCCC[C@@H]1C(=O)OC[C@@H](c2ccccc2)N1C(=O)OC(C)(C)C. The van der Waals surface area contributed by atoms with Crippen LogP contribution in [0.2, 0.25) is 0 Å². The minimum Gasteiger partial charge on any atom is -0.462 e. The van der Waals surface area contributed by atoms with Crippen LogP contribution in [0, 0.1) is 0 Å². The summed E-state index contributed by atoms with van der Waals surface area (Å²) in [7, 11) is 0. The van der Waals surface area contributed by atoms with Gasteiger partial charge in [-0.25, -0.2) is 9.59 Å². The number of rotatable bonds is 4. The zero-order valence-corrected chi connectivity index (χ0v) is 15.0. The van der Waals surface area contributed by atoms with E-state index < -0.39 is 17.7 Å².